The van der Waals surface area contributed by atoms with Crippen molar-refractivity contribution >= 4 is 6.29 Å². The number of hydrogen-bond donors (Lipinski definition) is 0. The van der Waals surface area contributed by atoms with E-state index in [4.69, 9.17) is 4.74 Å². The maximum atomic E-state index is 10.6. The highest BCUT2D eigenvalue weighted by molar-refractivity contribution is 5.52. The van der Waals surface area contributed by atoms with E-state index in [1.807, 2.05) is 19.9 Å². The molecule has 2 heteroatoms. The lowest BCUT2D eigenvalue weighted by molar-refractivity contribution is -0.109. The van der Waals surface area contributed by atoms with Crippen LogP contribution >= 0.6 is 0 Å². The van der Waals surface area contributed by atoms with Gasteiger partial charge < -0.3 is 4.74 Å². The molecule has 1 aromatic rings. The summed E-state index contributed by atoms with van der Waals surface area (Å²) in [7, 11) is 0. The molecule has 1 unspecified atom stereocenters. The third-order valence-electron chi connectivity index (χ3n) is 5.90. The molecule has 0 amide bonds. The zero-order valence-corrected chi connectivity index (χ0v) is 18.3. The first kappa shape index (κ1) is 23.7. The van der Waals surface area contributed by atoms with Crippen molar-refractivity contribution in [2.45, 2.75) is 98.3 Å². The second-order valence-electron chi connectivity index (χ2n) is 7.60. The van der Waals surface area contributed by atoms with Crippen LogP contribution in [-0.2, 0) is 17.6 Å². The molecule has 1 aliphatic rings. The average molecular weight is 375 g/mol. The van der Waals surface area contributed by atoms with Crippen molar-refractivity contribution in [1.82, 2.24) is 0 Å². The highest BCUT2D eigenvalue weighted by Crippen LogP contribution is 2.37. The second-order valence-corrected chi connectivity index (χ2v) is 7.60. The van der Waals surface area contributed by atoms with Crippen LogP contribution in [0.1, 0.15) is 96.6 Å². The zero-order chi connectivity index (χ0) is 19.9. The molecular formula is C25H42O2. The molecule has 0 aliphatic heterocycles. The number of carbonyl (C=O) groups is 1. The van der Waals surface area contributed by atoms with Gasteiger partial charge in [0, 0.05) is 0 Å². The van der Waals surface area contributed by atoms with Crippen molar-refractivity contribution in [3.8, 4) is 5.75 Å². The van der Waals surface area contributed by atoms with Crippen LogP contribution in [0.25, 0.3) is 0 Å². The number of aldehydes is 1. The third-order valence-corrected chi connectivity index (χ3v) is 5.90. The lowest BCUT2D eigenvalue weighted by Crippen LogP contribution is -2.23. The highest BCUT2D eigenvalue weighted by Gasteiger charge is 2.26. The van der Waals surface area contributed by atoms with Gasteiger partial charge in [0.05, 0.1) is 0 Å². The van der Waals surface area contributed by atoms with Crippen LogP contribution in [0.3, 0.4) is 0 Å². The van der Waals surface area contributed by atoms with E-state index in [1.165, 1.54) is 75.3 Å². The van der Waals surface area contributed by atoms with Gasteiger partial charge in [-0.1, -0.05) is 91.2 Å². The van der Waals surface area contributed by atoms with Crippen molar-refractivity contribution in [3.63, 3.8) is 0 Å². The molecule has 154 valence electrons. The Kier molecular flexibility index (Phi) is 12.9. The molecular weight excluding hydrogens is 332 g/mol. The molecule has 0 aromatic heterocycles. The first-order chi connectivity index (χ1) is 13.3. The summed E-state index contributed by atoms with van der Waals surface area (Å²) in [4.78, 5) is 10.6. The van der Waals surface area contributed by atoms with Crippen molar-refractivity contribution in [1.29, 1.82) is 0 Å². The Morgan fingerprint density at radius 2 is 1.85 bits per heavy atom. The van der Waals surface area contributed by atoms with Gasteiger partial charge in [0.25, 0.3) is 0 Å². The van der Waals surface area contributed by atoms with Gasteiger partial charge in [0.15, 0.2) is 6.29 Å². The summed E-state index contributed by atoms with van der Waals surface area (Å²) in [6.07, 6.45) is 15.4. The molecule has 0 spiro atoms. The Morgan fingerprint density at radius 3 is 2.56 bits per heavy atom. The van der Waals surface area contributed by atoms with E-state index in [1.54, 1.807) is 0 Å². The molecule has 1 aromatic carbocycles. The number of fused-ring (bicyclic) bond motifs is 1. The van der Waals surface area contributed by atoms with Crippen LogP contribution < -0.4 is 4.74 Å². The summed E-state index contributed by atoms with van der Waals surface area (Å²) in [6, 6.07) is 6.35. The van der Waals surface area contributed by atoms with Crippen LogP contribution in [0.4, 0.5) is 0 Å². The monoisotopic (exact) mass is 374 g/mol. The summed E-state index contributed by atoms with van der Waals surface area (Å²) in [5.74, 6) is 2.60. The Labute approximate surface area is 168 Å². The summed E-state index contributed by atoms with van der Waals surface area (Å²) < 4.78 is 5.62. The normalized spacial score (nSPS) is 16.7. The molecule has 0 fully saturated rings. The minimum atomic E-state index is 0.162. The van der Waals surface area contributed by atoms with E-state index in [0.717, 1.165) is 30.3 Å². The van der Waals surface area contributed by atoms with Gasteiger partial charge in [-0.2, -0.15) is 0 Å². The number of unbranched alkanes of at least 4 members (excludes halogenated alkanes) is 5. The van der Waals surface area contributed by atoms with E-state index in [9.17, 15) is 4.79 Å². The van der Waals surface area contributed by atoms with Gasteiger partial charge in [-0.3, -0.25) is 4.79 Å². The number of carbonyl (C=O) groups excluding carboxylic acids is 1. The van der Waals surface area contributed by atoms with Gasteiger partial charge in [0.2, 0.25) is 0 Å². The predicted molar refractivity (Wildman–Crippen MR) is 117 cm³/mol. The summed E-state index contributed by atoms with van der Waals surface area (Å²) in [6.45, 7) is 8.81. The topological polar surface area (TPSA) is 26.3 Å². The van der Waals surface area contributed by atoms with Gasteiger partial charge in [-0.25, -0.2) is 0 Å². The first-order valence-corrected chi connectivity index (χ1v) is 11.5. The summed E-state index contributed by atoms with van der Waals surface area (Å²) in [5, 5.41) is 0. The van der Waals surface area contributed by atoms with E-state index in [2.05, 4.69) is 26.0 Å². The fourth-order valence-corrected chi connectivity index (χ4v) is 4.42. The molecule has 0 heterocycles. The van der Waals surface area contributed by atoms with E-state index >= 15 is 0 Å². The fraction of sp³-hybridized carbons (Fsp3) is 0.720. The SMILES string of the molecule is CC.CCCCCCCCC(CC)[C@@H]1CCc2c(cccc2OCC=O)C1. The van der Waals surface area contributed by atoms with Gasteiger partial charge in [-0.15, -0.1) is 0 Å². The number of rotatable bonds is 12. The van der Waals surface area contributed by atoms with Crippen molar-refractivity contribution in [3.05, 3.63) is 29.3 Å². The molecule has 2 rings (SSSR count). The lowest BCUT2D eigenvalue weighted by atomic mass is 9.74. The standard InChI is InChI=1S/C23H36O2.C2H6/c1-3-5-6-7-8-9-11-19(4-2)20-14-15-22-21(18-20)12-10-13-23(22)25-17-16-24;1-2/h10,12-13,16,19-20H,3-9,11,14-15,17-18H2,1-2H3;1-2H3/t19?,20-;/m1./s1. The molecule has 2 atom stereocenters. The molecule has 0 radical (unpaired) electrons. The smallest absolute Gasteiger partial charge is 0.157 e. The van der Waals surface area contributed by atoms with Crippen molar-refractivity contribution < 1.29 is 9.53 Å². The van der Waals surface area contributed by atoms with Crippen LogP contribution in [0.2, 0.25) is 0 Å². The molecule has 0 bridgehead atoms. The molecule has 0 N–H and O–H groups in total. The molecule has 2 nitrogen and oxygen atoms in total. The van der Waals surface area contributed by atoms with Crippen LogP contribution in [0, 0.1) is 11.8 Å². The highest BCUT2D eigenvalue weighted by atomic mass is 16.5. The molecule has 0 saturated heterocycles. The van der Waals surface area contributed by atoms with Crippen LogP contribution in [-0.4, -0.2) is 12.9 Å². The fourth-order valence-electron chi connectivity index (χ4n) is 4.42. The minimum absolute atomic E-state index is 0.162. The summed E-state index contributed by atoms with van der Waals surface area (Å²) >= 11 is 0. The van der Waals surface area contributed by atoms with Crippen molar-refractivity contribution in [2.75, 3.05) is 6.61 Å². The van der Waals surface area contributed by atoms with Gasteiger partial charge in [-0.05, 0) is 48.3 Å². The second kappa shape index (κ2) is 14.7. The summed E-state index contributed by atoms with van der Waals surface area (Å²) in [5.41, 5.74) is 2.79. The Balaban J connectivity index is 0.00000176. The minimum Gasteiger partial charge on any atom is -0.486 e. The third kappa shape index (κ3) is 8.07. The average Bonchev–Trinajstić information content (AvgIpc) is 2.72. The molecule has 27 heavy (non-hydrogen) atoms. The maximum absolute atomic E-state index is 10.6. The predicted octanol–water partition coefficient (Wildman–Crippen LogP) is 7.17. The zero-order valence-electron chi connectivity index (χ0n) is 18.3. The number of ether oxygens (including phenoxy) is 1. The lowest BCUT2D eigenvalue weighted by Gasteiger charge is -2.32. The Hall–Kier alpha value is -1.31. The number of hydrogen-bond acceptors (Lipinski definition) is 2. The Bertz CT molecular complexity index is 509. The van der Waals surface area contributed by atoms with Gasteiger partial charge >= 0.3 is 0 Å². The van der Waals surface area contributed by atoms with Gasteiger partial charge in [0.1, 0.15) is 12.4 Å². The number of benzene rings is 1. The molecule has 0 saturated carbocycles. The largest absolute Gasteiger partial charge is 0.486 e. The van der Waals surface area contributed by atoms with E-state index < -0.39 is 0 Å². The van der Waals surface area contributed by atoms with Crippen molar-refractivity contribution in [2.24, 2.45) is 11.8 Å². The first-order valence-electron chi connectivity index (χ1n) is 11.5. The quantitative estimate of drug-likeness (QED) is 0.286. The Morgan fingerprint density at radius 1 is 1.11 bits per heavy atom. The van der Waals surface area contributed by atoms with E-state index in [-0.39, 0.29) is 6.61 Å². The van der Waals surface area contributed by atoms with E-state index in [0.29, 0.717) is 0 Å². The molecule has 1 aliphatic carbocycles. The van der Waals surface area contributed by atoms with Crippen LogP contribution in [0.15, 0.2) is 18.2 Å². The maximum Gasteiger partial charge on any atom is 0.157 e. The van der Waals surface area contributed by atoms with Crippen LogP contribution in [0.5, 0.6) is 5.75 Å².